The van der Waals surface area contributed by atoms with Crippen molar-refractivity contribution in [3.05, 3.63) is 65.7 Å². The van der Waals surface area contributed by atoms with Crippen LogP contribution in [0.1, 0.15) is 35.9 Å². The molecule has 1 aliphatic rings. The minimum atomic E-state index is -0.374. The van der Waals surface area contributed by atoms with Gasteiger partial charge in [-0.3, -0.25) is 9.59 Å². The molecule has 1 aromatic heterocycles. The summed E-state index contributed by atoms with van der Waals surface area (Å²) in [7, 11) is 0. The molecule has 2 heterocycles. The number of carbonyl (C=O) groups is 2. The quantitative estimate of drug-likeness (QED) is 0.704. The molecule has 30 heavy (non-hydrogen) atoms. The van der Waals surface area contributed by atoms with Crippen LogP contribution in [0.2, 0.25) is 0 Å². The molecule has 1 fully saturated rings. The number of aryl methyl sites for hydroxylation is 1. The molecule has 1 N–H and O–H groups in total. The average molecular weight is 408 g/mol. The molecule has 3 aromatic rings. The number of likely N-dealkylation sites (tertiary alicyclic amines) is 1. The summed E-state index contributed by atoms with van der Waals surface area (Å²) in [6.45, 7) is 4.15. The normalized spacial score (nSPS) is 16.6. The van der Waals surface area contributed by atoms with Crippen LogP contribution in [0, 0.1) is 11.7 Å². The number of para-hydroxylation sites is 2. The summed E-state index contributed by atoms with van der Waals surface area (Å²) in [6.07, 6.45) is 1.50. The second-order valence-corrected chi connectivity index (χ2v) is 7.58. The van der Waals surface area contributed by atoms with E-state index in [0.717, 1.165) is 36.2 Å². The highest BCUT2D eigenvalue weighted by Gasteiger charge is 2.29. The van der Waals surface area contributed by atoms with Crippen molar-refractivity contribution in [1.82, 2.24) is 19.8 Å². The fourth-order valence-corrected chi connectivity index (χ4v) is 4.07. The molecule has 1 aliphatic heterocycles. The van der Waals surface area contributed by atoms with Gasteiger partial charge in [-0.2, -0.15) is 0 Å². The molecule has 0 spiro atoms. The number of nitrogens with one attached hydrogen (secondary N) is 1. The number of carbonyl (C=O) groups excluding carboxylic acids is 2. The molecule has 0 radical (unpaired) electrons. The van der Waals surface area contributed by atoms with Crippen molar-refractivity contribution in [2.45, 2.75) is 32.9 Å². The van der Waals surface area contributed by atoms with Gasteiger partial charge in [0.2, 0.25) is 5.91 Å². The van der Waals surface area contributed by atoms with Gasteiger partial charge in [-0.05, 0) is 56.2 Å². The van der Waals surface area contributed by atoms with Crippen LogP contribution in [-0.2, 0) is 17.9 Å². The van der Waals surface area contributed by atoms with Crippen LogP contribution < -0.4 is 5.32 Å². The Morgan fingerprint density at radius 1 is 1.17 bits per heavy atom. The van der Waals surface area contributed by atoms with Crippen molar-refractivity contribution >= 4 is 22.8 Å². The van der Waals surface area contributed by atoms with Crippen LogP contribution >= 0.6 is 0 Å². The number of amides is 2. The first-order valence-electron chi connectivity index (χ1n) is 10.3. The molecule has 7 heteroatoms. The van der Waals surface area contributed by atoms with Crippen LogP contribution in [0.5, 0.6) is 0 Å². The molecule has 6 nitrogen and oxygen atoms in total. The molecule has 1 atom stereocenters. The number of hydrogen-bond donors (Lipinski definition) is 1. The second kappa shape index (κ2) is 8.65. The molecule has 1 unspecified atom stereocenters. The fourth-order valence-electron chi connectivity index (χ4n) is 4.07. The largest absolute Gasteiger partial charge is 0.349 e. The Bertz CT molecular complexity index is 1060. The van der Waals surface area contributed by atoms with Gasteiger partial charge < -0.3 is 14.8 Å². The number of nitrogens with zero attached hydrogens (tertiary/aromatic N) is 3. The maximum absolute atomic E-state index is 13.1. The van der Waals surface area contributed by atoms with Crippen molar-refractivity contribution in [3.8, 4) is 0 Å². The third kappa shape index (κ3) is 4.06. The summed E-state index contributed by atoms with van der Waals surface area (Å²) >= 11 is 0. The monoisotopic (exact) mass is 408 g/mol. The maximum atomic E-state index is 13.1. The first-order valence-corrected chi connectivity index (χ1v) is 10.3. The van der Waals surface area contributed by atoms with Crippen molar-refractivity contribution < 1.29 is 14.0 Å². The van der Waals surface area contributed by atoms with Gasteiger partial charge in [0.15, 0.2) is 0 Å². The van der Waals surface area contributed by atoms with Crippen molar-refractivity contribution in [1.29, 1.82) is 0 Å². The lowest BCUT2D eigenvalue weighted by molar-refractivity contribution is -0.126. The molecule has 2 amide bonds. The van der Waals surface area contributed by atoms with Crippen LogP contribution in [0.4, 0.5) is 4.39 Å². The number of halogens is 1. The van der Waals surface area contributed by atoms with Gasteiger partial charge in [0.1, 0.15) is 11.6 Å². The highest BCUT2D eigenvalue weighted by molar-refractivity contribution is 5.94. The Morgan fingerprint density at radius 3 is 2.70 bits per heavy atom. The maximum Gasteiger partial charge on any atom is 0.253 e. The van der Waals surface area contributed by atoms with E-state index in [2.05, 4.69) is 21.8 Å². The van der Waals surface area contributed by atoms with E-state index < -0.39 is 0 Å². The summed E-state index contributed by atoms with van der Waals surface area (Å²) < 4.78 is 15.2. The summed E-state index contributed by atoms with van der Waals surface area (Å²) in [5.74, 6) is -0.0492. The molecular formula is C23H25FN4O2. The van der Waals surface area contributed by atoms with Gasteiger partial charge in [0, 0.05) is 25.2 Å². The van der Waals surface area contributed by atoms with Crippen molar-refractivity contribution in [2.75, 3.05) is 13.1 Å². The van der Waals surface area contributed by atoms with E-state index in [9.17, 15) is 14.0 Å². The molecule has 156 valence electrons. The molecule has 1 saturated heterocycles. The van der Waals surface area contributed by atoms with Gasteiger partial charge >= 0.3 is 0 Å². The lowest BCUT2D eigenvalue weighted by atomic mass is 9.96. The van der Waals surface area contributed by atoms with E-state index in [0.29, 0.717) is 25.2 Å². The Morgan fingerprint density at radius 2 is 1.93 bits per heavy atom. The van der Waals surface area contributed by atoms with E-state index in [1.807, 2.05) is 24.3 Å². The molecule has 0 saturated carbocycles. The Labute approximate surface area is 174 Å². The number of aromatic nitrogens is 2. The smallest absolute Gasteiger partial charge is 0.253 e. The third-order valence-corrected chi connectivity index (χ3v) is 5.64. The van der Waals surface area contributed by atoms with E-state index in [1.165, 1.54) is 24.3 Å². The number of rotatable bonds is 5. The Balaban J connectivity index is 1.40. The summed E-state index contributed by atoms with van der Waals surface area (Å²) in [6, 6.07) is 13.4. The number of fused-ring (bicyclic) bond motifs is 1. The van der Waals surface area contributed by atoms with Gasteiger partial charge in [-0.15, -0.1) is 0 Å². The summed E-state index contributed by atoms with van der Waals surface area (Å²) in [5, 5.41) is 3.00. The zero-order valence-corrected chi connectivity index (χ0v) is 17.0. The second-order valence-electron chi connectivity index (χ2n) is 7.58. The predicted molar refractivity (Wildman–Crippen MR) is 112 cm³/mol. The van der Waals surface area contributed by atoms with Crippen LogP contribution in [0.3, 0.4) is 0 Å². The highest BCUT2D eigenvalue weighted by Crippen LogP contribution is 2.20. The Hall–Kier alpha value is -3.22. The first kappa shape index (κ1) is 20.1. The standard InChI is InChI=1S/C23H25FN4O2/c1-2-28-20-8-4-3-7-19(20)26-21(28)14-25-22(29)17-6-5-13-27(15-17)23(30)16-9-11-18(24)12-10-16/h3-4,7-12,17H,2,5-6,13-15H2,1H3,(H,25,29). The van der Waals surface area contributed by atoms with Crippen molar-refractivity contribution in [3.63, 3.8) is 0 Å². The minimum Gasteiger partial charge on any atom is -0.349 e. The van der Waals surface area contributed by atoms with Gasteiger partial charge in [0.25, 0.3) is 5.91 Å². The van der Waals surface area contributed by atoms with Crippen LogP contribution in [0.15, 0.2) is 48.5 Å². The number of hydrogen-bond acceptors (Lipinski definition) is 3. The number of piperidine rings is 1. The highest BCUT2D eigenvalue weighted by atomic mass is 19.1. The van der Waals surface area contributed by atoms with Gasteiger partial charge in [-0.1, -0.05) is 12.1 Å². The topological polar surface area (TPSA) is 67.2 Å². The number of imidazole rings is 1. The SMILES string of the molecule is CCn1c(CNC(=O)C2CCCN(C(=O)c3ccc(F)cc3)C2)nc2ccccc21. The molecular weight excluding hydrogens is 383 g/mol. The molecule has 2 aromatic carbocycles. The summed E-state index contributed by atoms with van der Waals surface area (Å²) in [5.41, 5.74) is 2.41. The average Bonchev–Trinajstić information content (AvgIpc) is 3.15. The van der Waals surface area contributed by atoms with E-state index in [1.54, 1.807) is 4.90 Å². The van der Waals surface area contributed by atoms with Gasteiger partial charge in [0.05, 0.1) is 23.5 Å². The Kier molecular flexibility index (Phi) is 5.79. The zero-order valence-electron chi connectivity index (χ0n) is 17.0. The molecule has 4 rings (SSSR count). The molecule has 0 bridgehead atoms. The zero-order chi connectivity index (χ0) is 21.1. The van der Waals surface area contributed by atoms with E-state index in [4.69, 9.17) is 0 Å². The van der Waals surface area contributed by atoms with E-state index in [-0.39, 0.29) is 23.5 Å². The van der Waals surface area contributed by atoms with E-state index >= 15 is 0 Å². The molecule has 0 aliphatic carbocycles. The minimum absolute atomic E-state index is 0.0682. The van der Waals surface area contributed by atoms with Crippen molar-refractivity contribution in [2.24, 2.45) is 5.92 Å². The lowest BCUT2D eigenvalue weighted by Gasteiger charge is -2.32. The number of benzene rings is 2. The third-order valence-electron chi connectivity index (χ3n) is 5.64. The fraction of sp³-hybridized carbons (Fsp3) is 0.348. The first-order chi connectivity index (χ1) is 14.6. The van der Waals surface area contributed by atoms with Crippen LogP contribution in [-0.4, -0.2) is 39.4 Å². The van der Waals surface area contributed by atoms with Crippen LogP contribution in [0.25, 0.3) is 11.0 Å². The summed E-state index contributed by atoms with van der Waals surface area (Å²) in [4.78, 5) is 31.8. The predicted octanol–water partition coefficient (Wildman–Crippen LogP) is 3.36. The van der Waals surface area contributed by atoms with Gasteiger partial charge in [-0.25, -0.2) is 9.37 Å². The lowest BCUT2D eigenvalue weighted by Crippen LogP contribution is -2.45.